The van der Waals surface area contributed by atoms with Crippen LogP contribution in [0.1, 0.15) is 47.0 Å². The molecule has 1 aliphatic carbocycles. The average molecular weight is 197 g/mol. The molecule has 2 atom stereocenters. The van der Waals surface area contributed by atoms with Gasteiger partial charge in [0.05, 0.1) is 0 Å². The summed E-state index contributed by atoms with van der Waals surface area (Å²) in [7, 11) is 0. The second-order valence-corrected chi connectivity index (χ2v) is 5.40. The molecule has 0 spiro atoms. The number of ether oxygens (including phenoxy) is 1. The Balaban J connectivity index is 2.27. The first-order valence-electron chi connectivity index (χ1n) is 5.51. The van der Waals surface area contributed by atoms with E-state index in [-0.39, 0.29) is 5.60 Å². The summed E-state index contributed by atoms with van der Waals surface area (Å²) in [5, 5.41) is 3.35. The Hall–Kier alpha value is -0.660. The van der Waals surface area contributed by atoms with Crippen LogP contribution in [0, 0.1) is 5.92 Å². The Morgan fingerprint density at radius 3 is 2.43 bits per heavy atom. The minimum Gasteiger partial charge on any atom is -0.474 e. The molecule has 0 bridgehead atoms. The van der Waals surface area contributed by atoms with E-state index in [1.54, 1.807) is 0 Å². The monoisotopic (exact) mass is 197 g/mol. The highest BCUT2D eigenvalue weighted by molar-refractivity contribution is 4.90. The van der Waals surface area contributed by atoms with Crippen LogP contribution < -0.4 is 5.32 Å². The lowest BCUT2D eigenvalue weighted by atomic mass is 10.1. The van der Waals surface area contributed by atoms with Crippen LogP contribution in [0.15, 0.2) is 12.5 Å². The minimum absolute atomic E-state index is 0.145. The second-order valence-electron chi connectivity index (χ2n) is 5.40. The predicted molar refractivity (Wildman–Crippen MR) is 59.9 cm³/mol. The smallest absolute Gasteiger partial charge is 0.180 e. The van der Waals surface area contributed by atoms with Crippen molar-refractivity contribution in [3.8, 4) is 0 Å². The van der Waals surface area contributed by atoms with Crippen LogP contribution in [0.5, 0.6) is 0 Å². The van der Waals surface area contributed by atoms with Gasteiger partial charge in [0.15, 0.2) is 5.88 Å². The van der Waals surface area contributed by atoms with Crippen molar-refractivity contribution >= 4 is 0 Å². The van der Waals surface area contributed by atoms with Crippen molar-refractivity contribution < 1.29 is 4.74 Å². The highest BCUT2D eigenvalue weighted by Gasteiger charge is 2.22. The van der Waals surface area contributed by atoms with E-state index in [4.69, 9.17) is 4.74 Å². The molecule has 2 heteroatoms. The highest BCUT2D eigenvalue weighted by atomic mass is 16.5. The topological polar surface area (TPSA) is 21.3 Å². The van der Waals surface area contributed by atoms with Gasteiger partial charge in [0, 0.05) is 6.04 Å². The summed E-state index contributed by atoms with van der Waals surface area (Å²) in [6.45, 7) is 12.3. The van der Waals surface area contributed by atoms with Crippen LogP contribution >= 0.6 is 0 Å². The van der Waals surface area contributed by atoms with Crippen molar-refractivity contribution in [2.75, 3.05) is 0 Å². The molecule has 1 aliphatic rings. The van der Waals surface area contributed by atoms with Gasteiger partial charge in [-0.05, 0) is 52.5 Å². The van der Waals surface area contributed by atoms with Gasteiger partial charge in [-0.25, -0.2) is 0 Å². The minimum atomic E-state index is -0.145. The van der Waals surface area contributed by atoms with Gasteiger partial charge in [-0.15, -0.1) is 0 Å². The van der Waals surface area contributed by atoms with Crippen molar-refractivity contribution in [1.82, 2.24) is 5.32 Å². The number of hydrogen-bond acceptors (Lipinski definition) is 2. The summed E-state index contributed by atoms with van der Waals surface area (Å²) < 4.78 is 5.63. The molecule has 0 radical (unpaired) electrons. The van der Waals surface area contributed by atoms with Gasteiger partial charge in [0.25, 0.3) is 0 Å². The van der Waals surface area contributed by atoms with Crippen LogP contribution in [0.25, 0.3) is 0 Å². The zero-order valence-electron chi connectivity index (χ0n) is 9.89. The van der Waals surface area contributed by atoms with Crippen LogP contribution in [-0.2, 0) is 4.74 Å². The molecule has 0 amide bonds. The van der Waals surface area contributed by atoms with Crippen molar-refractivity contribution in [1.29, 1.82) is 0 Å². The molecule has 82 valence electrons. The SMILES string of the molecule is C=C(NC1CCC(C)C1)OC(C)(C)C. The molecule has 0 saturated heterocycles. The Labute approximate surface area is 87.7 Å². The molecule has 0 aromatic heterocycles. The summed E-state index contributed by atoms with van der Waals surface area (Å²) in [4.78, 5) is 0. The van der Waals surface area contributed by atoms with E-state index < -0.39 is 0 Å². The molecule has 2 unspecified atom stereocenters. The van der Waals surface area contributed by atoms with Gasteiger partial charge < -0.3 is 10.1 Å². The molecule has 0 aliphatic heterocycles. The third-order valence-electron chi connectivity index (χ3n) is 2.49. The zero-order chi connectivity index (χ0) is 10.8. The molecule has 0 aromatic rings. The van der Waals surface area contributed by atoms with E-state index in [1.807, 2.05) is 20.8 Å². The fourth-order valence-corrected chi connectivity index (χ4v) is 1.96. The highest BCUT2D eigenvalue weighted by Crippen LogP contribution is 2.25. The van der Waals surface area contributed by atoms with Gasteiger partial charge in [-0.2, -0.15) is 0 Å². The van der Waals surface area contributed by atoms with E-state index in [1.165, 1.54) is 19.3 Å². The zero-order valence-corrected chi connectivity index (χ0v) is 9.89. The first-order valence-corrected chi connectivity index (χ1v) is 5.51. The van der Waals surface area contributed by atoms with E-state index in [0.29, 0.717) is 6.04 Å². The number of rotatable bonds is 3. The standard InChI is InChI=1S/C12H23NO/c1-9-6-7-11(8-9)13-10(2)14-12(3,4)5/h9,11,13H,2,6-8H2,1,3-5H3. The maximum absolute atomic E-state index is 5.63. The quantitative estimate of drug-likeness (QED) is 0.702. The maximum atomic E-state index is 5.63. The van der Waals surface area contributed by atoms with Crippen LogP contribution in [0.2, 0.25) is 0 Å². The van der Waals surface area contributed by atoms with Gasteiger partial charge >= 0.3 is 0 Å². The van der Waals surface area contributed by atoms with Gasteiger partial charge in [0.2, 0.25) is 0 Å². The summed E-state index contributed by atoms with van der Waals surface area (Å²) in [5.74, 6) is 1.56. The molecule has 2 nitrogen and oxygen atoms in total. The number of hydrogen-bond donors (Lipinski definition) is 1. The Morgan fingerprint density at radius 2 is 2.00 bits per heavy atom. The Morgan fingerprint density at radius 1 is 1.36 bits per heavy atom. The number of nitrogens with one attached hydrogen (secondary N) is 1. The van der Waals surface area contributed by atoms with Crippen molar-refractivity contribution in [2.24, 2.45) is 5.92 Å². The Bertz CT molecular complexity index is 205. The van der Waals surface area contributed by atoms with Gasteiger partial charge in [0.1, 0.15) is 5.60 Å². The predicted octanol–water partition coefficient (Wildman–Crippen LogP) is 3.05. The van der Waals surface area contributed by atoms with Crippen molar-refractivity contribution in [3.63, 3.8) is 0 Å². The van der Waals surface area contributed by atoms with Crippen LogP contribution in [0.3, 0.4) is 0 Å². The molecule has 1 saturated carbocycles. The lowest BCUT2D eigenvalue weighted by Crippen LogP contribution is -2.31. The molecule has 14 heavy (non-hydrogen) atoms. The lowest BCUT2D eigenvalue weighted by molar-refractivity contribution is 0.0385. The van der Waals surface area contributed by atoms with E-state index in [9.17, 15) is 0 Å². The van der Waals surface area contributed by atoms with E-state index in [0.717, 1.165) is 11.8 Å². The van der Waals surface area contributed by atoms with Crippen LogP contribution in [-0.4, -0.2) is 11.6 Å². The summed E-state index contributed by atoms with van der Waals surface area (Å²) >= 11 is 0. The van der Waals surface area contributed by atoms with Crippen molar-refractivity contribution in [2.45, 2.75) is 58.6 Å². The van der Waals surface area contributed by atoms with Crippen LogP contribution in [0.4, 0.5) is 0 Å². The average Bonchev–Trinajstić information content (AvgIpc) is 2.30. The summed E-state index contributed by atoms with van der Waals surface area (Å²) in [6.07, 6.45) is 3.81. The summed E-state index contributed by atoms with van der Waals surface area (Å²) in [5.41, 5.74) is -0.145. The first kappa shape index (κ1) is 11.4. The first-order chi connectivity index (χ1) is 6.37. The summed E-state index contributed by atoms with van der Waals surface area (Å²) in [6, 6.07) is 0.569. The van der Waals surface area contributed by atoms with Gasteiger partial charge in [-0.1, -0.05) is 6.92 Å². The molecule has 0 heterocycles. The van der Waals surface area contributed by atoms with E-state index in [2.05, 4.69) is 18.8 Å². The molecular weight excluding hydrogens is 174 g/mol. The molecule has 0 aromatic carbocycles. The second kappa shape index (κ2) is 4.24. The molecular formula is C12H23NO. The molecule has 1 N–H and O–H groups in total. The molecule has 1 fully saturated rings. The van der Waals surface area contributed by atoms with E-state index >= 15 is 0 Å². The Kier molecular flexibility index (Phi) is 3.46. The normalized spacial score (nSPS) is 27.4. The maximum Gasteiger partial charge on any atom is 0.180 e. The lowest BCUT2D eigenvalue weighted by Gasteiger charge is -2.25. The van der Waals surface area contributed by atoms with Gasteiger partial charge in [-0.3, -0.25) is 0 Å². The largest absolute Gasteiger partial charge is 0.474 e. The fourth-order valence-electron chi connectivity index (χ4n) is 1.96. The van der Waals surface area contributed by atoms with Crippen molar-refractivity contribution in [3.05, 3.63) is 12.5 Å². The molecule has 1 rings (SSSR count). The third kappa shape index (κ3) is 4.03. The fraction of sp³-hybridized carbons (Fsp3) is 0.833. The third-order valence-corrected chi connectivity index (χ3v) is 2.49.